The van der Waals surface area contributed by atoms with Gasteiger partial charge in [-0.05, 0) is 18.9 Å². The third-order valence-electron chi connectivity index (χ3n) is 3.57. The molecule has 1 aromatic heterocycles. The lowest BCUT2D eigenvalue weighted by Crippen LogP contribution is -2.20. The molecule has 0 N–H and O–H groups in total. The van der Waals surface area contributed by atoms with Crippen LogP contribution >= 0.6 is 0 Å². The van der Waals surface area contributed by atoms with Gasteiger partial charge in [-0.2, -0.15) is 0 Å². The molecule has 0 spiro atoms. The largest absolute Gasteiger partial charge is 0.356 e. The van der Waals surface area contributed by atoms with E-state index in [1.807, 2.05) is 6.92 Å². The van der Waals surface area contributed by atoms with Gasteiger partial charge in [0.05, 0.1) is 0 Å². The van der Waals surface area contributed by atoms with E-state index in [0.29, 0.717) is 5.92 Å². The number of hydrogen-bond acceptors (Lipinski definition) is 3. The first-order chi connectivity index (χ1) is 8.83. The number of hydrogen-bond donors (Lipinski definition) is 0. The summed E-state index contributed by atoms with van der Waals surface area (Å²) in [6.45, 7) is 4.15. The topological polar surface area (TPSA) is 29.0 Å². The van der Waals surface area contributed by atoms with Gasteiger partial charge in [-0.3, -0.25) is 0 Å². The van der Waals surface area contributed by atoms with Crippen molar-refractivity contribution in [2.75, 3.05) is 18.0 Å². The molecule has 1 saturated heterocycles. The van der Waals surface area contributed by atoms with E-state index in [9.17, 15) is 0 Å². The van der Waals surface area contributed by atoms with E-state index in [1.165, 1.54) is 12.0 Å². The van der Waals surface area contributed by atoms with Crippen molar-refractivity contribution in [3.63, 3.8) is 0 Å². The summed E-state index contributed by atoms with van der Waals surface area (Å²) in [6.07, 6.45) is 2.85. The average molecular weight is 239 g/mol. The molecular weight excluding hydrogens is 222 g/mol. The zero-order valence-corrected chi connectivity index (χ0v) is 10.6. The monoisotopic (exact) mass is 239 g/mol. The number of aromatic nitrogens is 2. The molecule has 1 atom stereocenters. The Hall–Kier alpha value is -1.90. The number of nitrogens with zero attached hydrogens (tertiary/aromatic N) is 3. The van der Waals surface area contributed by atoms with Gasteiger partial charge in [-0.1, -0.05) is 30.3 Å². The summed E-state index contributed by atoms with van der Waals surface area (Å²) in [5, 5.41) is 0. The van der Waals surface area contributed by atoms with Gasteiger partial charge in [0.1, 0.15) is 12.1 Å². The van der Waals surface area contributed by atoms with Gasteiger partial charge < -0.3 is 4.90 Å². The van der Waals surface area contributed by atoms with Crippen LogP contribution < -0.4 is 4.90 Å². The maximum Gasteiger partial charge on any atom is 0.132 e. The molecule has 0 saturated carbocycles. The van der Waals surface area contributed by atoms with Crippen molar-refractivity contribution in [1.82, 2.24) is 9.97 Å². The molecule has 0 bridgehead atoms. The molecule has 2 heterocycles. The van der Waals surface area contributed by atoms with Crippen LogP contribution in [0.3, 0.4) is 0 Å². The first-order valence-electron chi connectivity index (χ1n) is 6.41. The highest BCUT2D eigenvalue weighted by atomic mass is 15.2. The summed E-state index contributed by atoms with van der Waals surface area (Å²) in [5.41, 5.74) is 2.47. The van der Waals surface area contributed by atoms with E-state index in [0.717, 1.165) is 24.6 Å². The Morgan fingerprint density at radius 2 is 2.00 bits per heavy atom. The van der Waals surface area contributed by atoms with Crippen LogP contribution in [0, 0.1) is 6.92 Å². The molecule has 92 valence electrons. The Kier molecular flexibility index (Phi) is 2.97. The number of aryl methyl sites for hydroxylation is 1. The molecule has 0 aliphatic carbocycles. The standard InChI is InChI=1S/C15H17N3/c1-12-9-15(17-11-16-12)18-8-7-14(10-18)13-5-3-2-4-6-13/h2-6,9,11,14H,7-8,10H2,1H3. The molecule has 18 heavy (non-hydrogen) atoms. The normalized spacial score (nSPS) is 19.2. The Bertz CT molecular complexity index is 524. The van der Waals surface area contributed by atoms with Crippen molar-refractivity contribution in [3.05, 3.63) is 54.0 Å². The number of benzene rings is 1. The molecule has 2 aromatic rings. The molecular formula is C15H17N3. The quantitative estimate of drug-likeness (QED) is 0.807. The molecule has 1 fully saturated rings. The Labute approximate surface area is 108 Å². The minimum atomic E-state index is 0.626. The van der Waals surface area contributed by atoms with Gasteiger partial charge in [0.15, 0.2) is 0 Å². The van der Waals surface area contributed by atoms with Crippen molar-refractivity contribution in [1.29, 1.82) is 0 Å². The molecule has 1 aromatic carbocycles. The van der Waals surface area contributed by atoms with Crippen LogP contribution in [0.4, 0.5) is 5.82 Å². The van der Waals surface area contributed by atoms with Gasteiger partial charge in [0.25, 0.3) is 0 Å². The van der Waals surface area contributed by atoms with Crippen LogP contribution in [0.25, 0.3) is 0 Å². The molecule has 3 rings (SSSR count). The van der Waals surface area contributed by atoms with Crippen molar-refractivity contribution in [3.8, 4) is 0 Å². The molecule has 1 aliphatic heterocycles. The third kappa shape index (κ3) is 2.21. The van der Waals surface area contributed by atoms with E-state index in [4.69, 9.17) is 0 Å². The maximum atomic E-state index is 4.36. The molecule has 1 aliphatic rings. The Morgan fingerprint density at radius 1 is 1.17 bits per heavy atom. The van der Waals surface area contributed by atoms with Crippen LogP contribution in [0.1, 0.15) is 23.6 Å². The summed E-state index contributed by atoms with van der Waals surface area (Å²) in [4.78, 5) is 10.9. The summed E-state index contributed by atoms with van der Waals surface area (Å²) in [6, 6.07) is 12.8. The number of rotatable bonds is 2. The maximum absolute atomic E-state index is 4.36. The zero-order valence-electron chi connectivity index (χ0n) is 10.6. The lowest BCUT2D eigenvalue weighted by Gasteiger charge is -2.17. The Balaban J connectivity index is 1.76. The molecule has 0 amide bonds. The fourth-order valence-corrected chi connectivity index (χ4v) is 2.58. The van der Waals surface area contributed by atoms with Gasteiger partial charge in [0, 0.05) is 30.8 Å². The Morgan fingerprint density at radius 3 is 2.78 bits per heavy atom. The van der Waals surface area contributed by atoms with Crippen molar-refractivity contribution in [2.45, 2.75) is 19.3 Å². The zero-order chi connectivity index (χ0) is 12.4. The number of anilines is 1. The SMILES string of the molecule is Cc1cc(N2CCC(c3ccccc3)C2)ncn1. The van der Waals surface area contributed by atoms with E-state index in [-0.39, 0.29) is 0 Å². The van der Waals surface area contributed by atoms with Crippen LogP contribution in [0.2, 0.25) is 0 Å². The van der Waals surface area contributed by atoms with Gasteiger partial charge in [0.2, 0.25) is 0 Å². The van der Waals surface area contributed by atoms with Crippen molar-refractivity contribution in [2.24, 2.45) is 0 Å². The lowest BCUT2D eigenvalue weighted by atomic mass is 9.99. The molecule has 3 nitrogen and oxygen atoms in total. The minimum absolute atomic E-state index is 0.626. The first kappa shape index (κ1) is 11.2. The van der Waals surface area contributed by atoms with E-state index in [1.54, 1.807) is 6.33 Å². The van der Waals surface area contributed by atoms with Crippen molar-refractivity contribution < 1.29 is 0 Å². The van der Waals surface area contributed by atoms with Crippen LogP contribution in [0.15, 0.2) is 42.7 Å². The minimum Gasteiger partial charge on any atom is -0.356 e. The first-order valence-corrected chi connectivity index (χ1v) is 6.41. The molecule has 0 radical (unpaired) electrons. The van der Waals surface area contributed by atoms with Gasteiger partial charge >= 0.3 is 0 Å². The van der Waals surface area contributed by atoms with Gasteiger partial charge in [-0.15, -0.1) is 0 Å². The van der Waals surface area contributed by atoms with Crippen molar-refractivity contribution >= 4 is 5.82 Å². The highest BCUT2D eigenvalue weighted by Crippen LogP contribution is 2.29. The van der Waals surface area contributed by atoms with E-state index in [2.05, 4.69) is 51.3 Å². The van der Waals surface area contributed by atoms with E-state index < -0.39 is 0 Å². The third-order valence-corrected chi connectivity index (χ3v) is 3.57. The van der Waals surface area contributed by atoms with Crippen LogP contribution in [-0.2, 0) is 0 Å². The average Bonchev–Trinajstić information content (AvgIpc) is 2.89. The highest BCUT2D eigenvalue weighted by Gasteiger charge is 2.24. The predicted molar refractivity (Wildman–Crippen MR) is 72.8 cm³/mol. The second-order valence-electron chi connectivity index (χ2n) is 4.86. The predicted octanol–water partition coefficient (Wildman–Crippen LogP) is 2.78. The van der Waals surface area contributed by atoms with Gasteiger partial charge in [-0.25, -0.2) is 9.97 Å². The summed E-state index contributed by atoms with van der Waals surface area (Å²) in [5.74, 6) is 1.68. The summed E-state index contributed by atoms with van der Waals surface area (Å²) < 4.78 is 0. The molecule has 3 heteroatoms. The van der Waals surface area contributed by atoms with Crippen LogP contribution in [0.5, 0.6) is 0 Å². The second kappa shape index (κ2) is 4.77. The second-order valence-corrected chi connectivity index (χ2v) is 4.86. The van der Waals surface area contributed by atoms with E-state index >= 15 is 0 Å². The fraction of sp³-hybridized carbons (Fsp3) is 0.333. The fourth-order valence-electron chi connectivity index (χ4n) is 2.58. The lowest BCUT2D eigenvalue weighted by molar-refractivity contribution is 0.774. The van der Waals surface area contributed by atoms with Crippen LogP contribution in [-0.4, -0.2) is 23.1 Å². The summed E-state index contributed by atoms with van der Waals surface area (Å²) >= 11 is 0. The summed E-state index contributed by atoms with van der Waals surface area (Å²) in [7, 11) is 0. The smallest absolute Gasteiger partial charge is 0.132 e. The highest BCUT2D eigenvalue weighted by molar-refractivity contribution is 5.41. The molecule has 1 unspecified atom stereocenters.